The number of halogens is 1. The smallest absolute Gasteiger partial charge is 0.273 e. The molecule has 0 spiro atoms. The van der Waals surface area contributed by atoms with E-state index in [0.29, 0.717) is 29.4 Å². The molecule has 0 aliphatic carbocycles. The molecule has 134 valence electrons. The van der Waals surface area contributed by atoms with E-state index in [0.717, 1.165) is 17.0 Å². The van der Waals surface area contributed by atoms with Gasteiger partial charge < -0.3 is 10.1 Å². The Morgan fingerprint density at radius 2 is 2.04 bits per heavy atom. The highest BCUT2D eigenvalue weighted by molar-refractivity contribution is 6.30. The Kier molecular flexibility index (Phi) is 5.53. The van der Waals surface area contributed by atoms with Crippen molar-refractivity contribution >= 4 is 17.5 Å². The van der Waals surface area contributed by atoms with Crippen molar-refractivity contribution in [2.45, 2.75) is 13.3 Å². The summed E-state index contributed by atoms with van der Waals surface area (Å²) in [6, 6.07) is 15.0. The number of para-hydroxylation sites is 1. The zero-order chi connectivity index (χ0) is 18.5. The van der Waals surface area contributed by atoms with Crippen LogP contribution in [0.3, 0.4) is 0 Å². The van der Waals surface area contributed by atoms with Crippen LogP contribution in [0.15, 0.2) is 48.5 Å². The third-order valence-corrected chi connectivity index (χ3v) is 4.27. The molecule has 0 saturated heterocycles. The minimum atomic E-state index is -0.259. The second kappa shape index (κ2) is 8.01. The number of nitrogens with one attached hydrogen (secondary N) is 1. The molecule has 3 rings (SSSR count). The number of aromatic nitrogens is 3. The van der Waals surface area contributed by atoms with Crippen LogP contribution in [0, 0.1) is 6.92 Å². The summed E-state index contributed by atoms with van der Waals surface area (Å²) in [5, 5.41) is 11.6. The Balaban J connectivity index is 1.67. The maximum Gasteiger partial charge on any atom is 0.273 e. The maximum absolute atomic E-state index is 12.4. The molecule has 6 nitrogen and oxygen atoms in total. The molecule has 0 atom stereocenters. The molecule has 0 fully saturated rings. The van der Waals surface area contributed by atoms with E-state index in [-0.39, 0.29) is 5.91 Å². The van der Waals surface area contributed by atoms with E-state index in [2.05, 4.69) is 15.6 Å². The largest absolute Gasteiger partial charge is 0.496 e. The highest BCUT2D eigenvalue weighted by Gasteiger charge is 2.17. The minimum absolute atomic E-state index is 0.259. The SMILES string of the molecule is COc1ccccc1CCNC(=O)c1nnn(-c2cccc(Cl)c2)c1C. The van der Waals surface area contributed by atoms with Crippen molar-refractivity contribution in [2.24, 2.45) is 0 Å². The van der Waals surface area contributed by atoms with Crippen LogP contribution in [0.2, 0.25) is 5.02 Å². The summed E-state index contributed by atoms with van der Waals surface area (Å²) < 4.78 is 6.92. The van der Waals surface area contributed by atoms with Gasteiger partial charge in [0.15, 0.2) is 5.69 Å². The lowest BCUT2D eigenvalue weighted by Crippen LogP contribution is -2.27. The van der Waals surface area contributed by atoms with Crippen molar-refractivity contribution < 1.29 is 9.53 Å². The van der Waals surface area contributed by atoms with Gasteiger partial charge in [-0.05, 0) is 43.2 Å². The topological polar surface area (TPSA) is 69.0 Å². The highest BCUT2D eigenvalue weighted by atomic mass is 35.5. The Morgan fingerprint density at radius 1 is 1.23 bits per heavy atom. The van der Waals surface area contributed by atoms with Gasteiger partial charge in [0, 0.05) is 11.6 Å². The second-order valence-corrected chi connectivity index (χ2v) is 6.17. The summed E-state index contributed by atoms with van der Waals surface area (Å²) in [5.41, 5.74) is 2.75. The summed E-state index contributed by atoms with van der Waals surface area (Å²) in [6.45, 7) is 2.28. The van der Waals surface area contributed by atoms with Crippen molar-refractivity contribution in [3.05, 3.63) is 70.5 Å². The molecule has 26 heavy (non-hydrogen) atoms. The van der Waals surface area contributed by atoms with Gasteiger partial charge in [0.2, 0.25) is 0 Å². The fourth-order valence-electron chi connectivity index (χ4n) is 2.70. The molecule has 1 N–H and O–H groups in total. The molecule has 0 bridgehead atoms. The molecule has 2 aromatic carbocycles. The van der Waals surface area contributed by atoms with Crippen LogP contribution in [-0.4, -0.2) is 34.6 Å². The summed E-state index contributed by atoms with van der Waals surface area (Å²) in [7, 11) is 1.63. The molecular formula is C19H19ClN4O2. The molecule has 0 aliphatic rings. The monoisotopic (exact) mass is 370 g/mol. The van der Waals surface area contributed by atoms with Gasteiger partial charge in [-0.1, -0.05) is 41.1 Å². The van der Waals surface area contributed by atoms with E-state index in [1.807, 2.05) is 36.4 Å². The first kappa shape index (κ1) is 17.9. The zero-order valence-electron chi connectivity index (χ0n) is 14.6. The number of hydrogen-bond acceptors (Lipinski definition) is 4. The normalized spacial score (nSPS) is 10.6. The van der Waals surface area contributed by atoms with Gasteiger partial charge in [0.1, 0.15) is 5.75 Å². The fourth-order valence-corrected chi connectivity index (χ4v) is 2.88. The van der Waals surface area contributed by atoms with Gasteiger partial charge in [-0.2, -0.15) is 0 Å². The number of carbonyl (C=O) groups is 1. The van der Waals surface area contributed by atoms with Gasteiger partial charge >= 0.3 is 0 Å². The van der Waals surface area contributed by atoms with E-state index in [1.54, 1.807) is 30.8 Å². The van der Waals surface area contributed by atoms with Gasteiger partial charge in [-0.3, -0.25) is 4.79 Å². The fraction of sp³-hybridized carbons (Fsp3) is 0.211. The molecule has 0 unspecified atom stereocenters. The third-order valence-electron chi connectivity index (χ3n) is 4.03. The number of benzene rings is 2. The van der Waals surface area contributed by atoms with Gasteiger partial charge in [-0.15, -0.1) is 5.10 Å². The minimum Gasteiger partial charge on any atom is -0.496 e. The first-order valence-electron chi connectivity index (χ1n) is 8.18. The first-order chi connectivity index (χ1) is 12.6. The molecular weight excluding hydrogens is 352 g/mol. The lowest BCUT2D eigenvalue weighted by Gasteiger charge is -2.08. The van der Waals surface area contributed by atoms with Gasteiger partial charge in [0.05, 0.1) is 18.5 Å². The molecule has 3 aromatic rings. The number of nitrogens with zero attached hydrogens (tertiary/aromatic N) is 3. The lowest BCUT2D eigenvalue weighted by molar-refractivity contribution is 0.0948. The van der Waals surface area contributed by atoms with Crippen LogP contribution < -0.4 is 10.1 Å². The Hall–Kier alpha value is -2.86. The van der Waals surface area contributed by atoms with E-state index in [4.69, 9.17) is 16.3 Å². The summed E-state index contributed by atoms with van der Waals surface area (Å²) in [5.74, 6) is 0.551. The van der Waals surface area contributed by atoms with Crippen molar-refractivity contribution in [1.29, 1.82) is 0 Å². The number of hydrogen-bond donors (Lipinski definition) is 1. The van der Waals surface area contributed by atoms with Crippen molar-refractivity contribution in [3.8, 4) is 11.4 Å². The van der Waals surface area contributed by atoms with Crippen molar-refractivity contribution in [1.82, 2.24) is 20.3 Å². The highest BCUT2D eigenvalue weighted by Crippen LogP contribution is 2.18. The molecule has 0 radical (unpaired) electrons. The summed E-state index contributed by atoms with van der Waals surface area (Å²) in [4.78, 5) is 12.4. The van der Waals surface area contributed by atoms with E-state index >= 15 is 0 Å². The Morgan fingerprint density at radius 3 is 2.81 bits per heavy atom. The lowest BCUT2D eigenvalue weighted by atomic mass is 10.1. The molecule has 1 heterocycles. The maximum atomic E-state index is 12.4. The Bertz CT molecular complexity index is 923. The average molecular weight is 371 g/mol. The van der Waals surface area contributed by atoms with Crippen molar-refractivity contribution in [3.63, 3.8) is 0 Å². The van der Waals surface area contributed by atoms with Crippen LogP contribution in [0.1, 0.15) is 21.7 Å². The predicted molar refractivity (Wildman–Crippen MR) is 100 cm³/mol. The average Bonchev–Trinajstić information content (AvgIpc) is 3.03. The van der Waals surface area contributed by atoms with E-state index < -0.39 is 0 Å². The molecule has 0 saturated carbocycles. The molecule has 0 aliphatic heterocycles. The van der Waals surface area contributed by atoms with Crippen molar-refractivity contribution in [2.75, 3.05) is 13.7 Å². The summed E-state index contributed by atoms with van der Waals surface area (Å²) >= 11 is 6.02. The Labute approximate surface area is 156 Å². The number of ether oxygens (including phenoxy) is 1. The molecule has 7 heteroatoms. The first-order valence-corrected chi connectivity index (χ1v) is 8.56. The number of carbonyl (C=O) groups excluding carboxylic acids is 1. The predicted octanol–water partition coefficient (Wildman–Crippen LogP) is 3.21. The van der Waals surface area contributed by atoms with Crippen LogP contribution in [0.25, 0.3) is 5.69 Å². The molecule has 1 aromatic heterocycles. The third kappa shape index (κ3) is 3.86. The van der Waals surface area contributed by atoms with Gasteiger partial charge in [0.25, 0.3) is 5.91 Å². The van der Waals surface area contributed by atoms with Crippen LogP contribution >= 0.6 is 11.6 Å². The van der Waals surface area contributed by atoms with Crippen LogP contribution in [-0.2, 0) is 6.42 Å². The number of amides is 1. The quantitative estimate of drug-likeness (QED) is 0.723. The van der Waals surface area contributed by atoms with Crippen LogP contribution in [0.4, 0.5) is 0 Å². The summed E-state index contributed by atoms with van der Waals surface area (Å²) in [6.07, 6.45) is 0.664. The zero-order valence-corrected chi connectivity index (χ0v) is 15.3. The second-order valence-electron chi connectivity index (χ2n) is 5.73. The number of methoxy groups -OCH3 is 1. The van der Waals surface area contributed by atoms with E-state index in [1.165, 1.54) is 0 Å². The standard InChI is InChI=1S/C19H19ClN4O2/c1-13-18(22-23-24(13)16-8-5-7-15(20)12-16)19(25)21-11-10-14-6-3-4-9-17(14)26-2/h3-9,12H,10-11H2,1-2H3,(H,21,25). The number of rotatable bonds is 6. The molecule has 1 amide bonds. The van der Waals surface area contributed by atoms with Crippen LogP contribution in [0.5, 0.6) is 5.75 Å². The van der Waals surface area contributed by atoms with E-state index in [9.17, 15) is 4.79 Å². The van der Waals surface area contributed by atoms with Gasteiger partial charge in [-0.25, -0.2) is 4.68 Å².